The minimum absolute atomic E-state index is 0.0936. The van der Waals surface area contributed by atoms with Crippen molar-refractivity contribution in [2.24, 2.45) is 0 Å². The van der Waals surface area contributed by atoms with E-state index in [1.54, 1.807) is 0 Å². The van der Waals surface area contributed by atoms with E-state index in [0.717, 1.165) is 18.2 Å². The summed E-state index contributed by atoms with van der Waals surface area (Å²) in [6, 6.07) is 2.60. The molecule has 0 unspecified atom stereocenters. The van der Waals surface area contributed by atoms with Gasteiger partial charge in [0.25, 0.3) is 5.92 Å². The van der Waals surface area contributed by atoms with Gasteiger partial charge in [0, 0.05) is 12.0 Å². The predicted octanol–water partition coefficient (Wildman–Crippen LogP) is 3.34. The molecule has 0 saturated carbocycles. The van der Waals surface area contributed by atoms with E-state index in [2.05, 4.69) is 4.18 Å². The van der Waals surface area contributed by atoms with E-state index in [9.17, 15) is 30.4 Å². The number of fused-ring (bicyclic) bond motifs is 1. The lowest BCUT2D eigenvalue weighted by molar-refractivity contribution is -0.0500. The Bertz CT molecular complexity index is 621. The summed E-state index contributed by atoms with van der Waals surface area (Å²) in [4.78, 5) is 0. The molecular formula is C11H9F5O3S. The van der Waals surface area contributed by atoms with Gasteiger partial charge in [-0.2, -0.15) is 21.6 Å². The van der Waals surface area contributed by atoms with E-state index in [0.29, 0.717) is 0 Å². The Morgan fingerprint density at radius 3 is 2.45 bits per heavy atom. The third-order valence-electron chi connectivity index (χ3n) is 2.90. The summed E-state index contributed by atoms with van der Waals surface area (Å²) in [6.07, 6.45) is 0.0463. The SMILES string of the molecule is O=S(=O)(Oc1ccc2c(c1)CCCC2(F)F)C(F)(F)F. The molecule has 0 heterocycles. The second-order valence-corrected chi connectivity index (χ2v) is 5.90. The zero-order valence-corrected chi connectivity index (χ0v) is 10.7. The van der Waals surface area contributed by atoms with Gasteiger partial charge < -0.3 is 4.18 Å². The van der Waals surface area contributed by atoms with Crippen molar-refractivity contribution in [1.82, 2.24) is 0 Å². The zero-order valence-electron chi connectivity index (χ0n) is 9.88. The molecule has 0 fully saturated rings. The Morgan fingerprint density at radius 1 is 1.20 bits per heavy atom. The largest absolute Gasteiger partial charge is 0.534 e. The number of hydrogen-bond acceptors (Lipinski definition) is 3. The lowest BCUT2D eigenvalue weighted by Crippen LogP contribution is -2.28. The normalized spacial score (nSPS) is 18.4. The molecule has 20 heavy (non-hydrogen) atoms. The summed E-state index contributed by atoms with van der Waals surface area (Å²) in [5, 5.41) is 0. The fourth-order valence-corrected chi connectivity index (χ4v) is 2.45. The maximum atomic E-state index is 13.5. The molecule has 0 atom stereocenters. The van der Waals surface area contributed by atoms with Crippen molar-refractivity contribution in [2.75, 3.05) is 0 Å². The smallest absolute Gasteiger partial charge is 0.376 e. The van der Waals surface area contributed by atoms with Crippen molar-refractivity contribution >= 4 is 10.1 Å². The number of hydrogen-bond donors (Lipinski definition) is 0. The summed E-state index contributed by atoms with van der Waals surface area (Å²) < 4.78 is 89.0. The molecule has 9 heteroatoms. The molecule has 1 aromatic carbocycles. The summed E-state index contributed by atoms with van der Waals surface area (Å²) in [5.41, 5.74) is -5.77. The standard InChI is InChI=1S/C11H9F5O3S/c12-10(13)5-1-2-7-6-8(3-4-9(7)10)19-20(17,18)11(14,15)16/h3-4,6H,1-2,5H2. The topological polar surface area (TPSA) is 43.4 Å². The van der Waals surface area contributed by atoms with Gasteiger partial charge in [-0.05, 0) is 36.6 Å². The average Bonchev–Trinajstić information content (AvgIpc) is 2.25. The van der Waals surface area contributed by atoms with Crippen LogP contribution in [0, 0.1) is 0 Å². The highest BCUT2D eigenvalue weighted by Gasteiger charge is 2.48. The summed E-state index contributed by atoms with van der Waals surface area (Å²) in [6.45, 7) is 0. The van der Waals surface area contributed by atoms with Crippen molar-refractivity contribution in [3.05, 3.63) is 29.3 Å². The van der Waals surface area contributed by atoms with Crippen molar-refractivity contribution in [3.63, 3.8) is 0 Å². The Hall–Kier alpha value is -1.38. The van der Waals surface area contributed by atoms with Gasteiger partial charge in [0.05, 0.1) is 0 Å². The van der Waals surface area contributed by atoms with E-state index < -0.39 is 27.3 Å². The zero-order chi connectivity index (χ0) is 15.2. The van der Waals surface area contributed by atoms with E-state index in [-0.39, 0.29) is 30.4 Å². The van der Waals surface area contributed by atoms with Gasteiger partial charge in [-0.3, -0.25) is 0 Å². The molecule has 0 N–H and O–H groups in total. The molecule has 0 spiro atoms. The molecule has 1 aromatic rings. The first-order valence-electron chi connectivity index (χ1n) is 5.55. The third kappa shape index (κ3) is 2.72. The molecule has 0 bridgehead atoms. The maximum Gasteiger partial charge on any atom is 0.534 e. The fraction of sp³-hybridized carbons (Fsp3) is 0.455. The van der Waals surface area contributed by atoms with E-state index in [4.69, 9.17) is 0 Å². The number of alkyl halides is 5. The van der Waals surface area contributed by atoms with Crippen LogP contribution in [-0.4, -0.2) is 13.9 Å². The molecule has 0 amide bonds. The molecule has 112 valence electrons. The van der Waals surface area contributed by atoms with Crippen LogP contribution in [0.4, 0.5) is 22.0 Å². The first-order chi connectivity index (χ1) is 9.03. The average molecular weight is 316 g/mol. The van der Waals surface area contributed by atoms with Crippen molar-refractivity contribution in [1.29, 1.82) is 0 Å². The van der Waals surface area contributed by atoms with Gasteiger partial charge >= 0.3 is 15.6 Å². The molecule has 2 rings (SSSR count). The fourth-order valence-electron chi connectivity index (χ4n) is 2.00. The number of halogens is 5. The molecule has 1 aliphatic rings. The highest BCUT2D eigenvalue weighted by atomic mass is 32.2. The quantitative estimate of drug-likeness (QED) is 0.477. The van der Waals surface area contributed by atoms with Gasteiger partial charge in [-0.25, -0.2) is 8.78 Å². The van der Waals surface area contributed by atoms with Crippen molar-refractivity contribution in [2.45, 2.75) is 30.7 Å². The van der Waals surface area contributed by atoms with Crippen LogP contribution in [-0.2, 0) is 22.5 Å². The van der Waals surface area contributed by atoms with Crippen LogP contribution in [0.15, 0.2) is 18.2 Å². The van der Waals surface area contributed by atoms with Crippen LogP contribution in [0.1, 0.15) is 24.0 Å². The minimum atomic E-state index is -5.79. The number of benzene rings is 1. The lowest BCUT2D eigenvalue weighted by atomic mass is 9.88. The molecule has 1 aliphatic carbocycles. The van der Waals surface area contributed by atoms with Crippen LogP contribution < -0.4 is 4.18 Å². The maximum absolute atomic E-state index is 13.5. The van der Waals surface area contributed by atoms with Gasteiger partial charge in [0.2, 0.25) is 0 Å². The van der Waals surface area contributed by atoms with E-state index in [1.807, 2.05) is 0 Å². The molecule has 3 nitrogen and oxygen atoms in total. The van der Waals surface area contributed by atoms with Crippen LogP contribution in [0.5, 0.6) is 5.75 Å². The van der Waals surface area contributed by atoms with Gasteiger partial charge in [-0.1, -0.05) is 0 Å². The lowest BCUT2D eigenvalue weighted by Gasteiger charge is -2.25. The first kappa shape index (κ1) is 15.0. The van der Waals surface area contributed by atoms with Crippen LogP contribution >= 0.6 is 0 Å². The summed E-state index contributed by atoms with van der Waals surface area (Å²) in [7, 11) is -5.79. The highest BCUT2D eigenvalue weighted by Crippen LogP contribution is 2.41. The van der Waals surface area contributed by atoms with Crippen LogP contribution in [0.3, 0.4) is 0 Å². The van der Waals surface area contributed by atoms with Crippen molar-refractivity contribution in [3.8, 4) is 5.75 Å². The van der Waals surface area contributed by atoms with Gasteiger partial charge in [0.1, 0.15) is 5.75 Å². The highest BCUT2D eigenvalue weighted by molar-refractivity contribution is 7.87. The summed E-state index contributed by atoms with van der Waals surface area (Å²) >= 11 is 0. The number of rotatable bonds is 2. The molecule has 0 aliphatic heterocycles. The van der Waals surface area contributed by atoms with Gasteiger partial charge in [0.15, 0.2) is 0 Å². The molecular weight excluding hydrogens is 307 g/mol. The minimum Gasteiger partial charge on any atom is -0.376 e. The van der Waals surface area contributed by atoms with Crippen molar-refractivity contribution < 1.29 is 34.6 Å². The first-order valence-corrected chi connectivity index (χ1v) is 6.96. The van der Waals surface area contributed by atoms with Crippen LogP contribution in [0.2, 0.25) is 0 Å². The Labute approximate surface area is 111 Å². The number of aryl methyl sites for hydroxylation is 1. The molecule has 0 aromatic heterocycles. The second-order valence-electron chi connectivity index (χ2n) is 4.36. The Kier molecular flexibility index (Phi) is 3.43. The molecule has 0 radical (unpaired) electrons. The van der Waals surface area contributed by atoms with Crippen LogP contribution in [0.25, 0.3) is 0 Å². The second kappa shape index (κ2) is 4.57. The predicted molar refractivity (Wildman–Crippen MR) is 58.9 cm³/mol. The Balaban J connectivity index is 2.34. The Morgan fingerprint density at radius 2 is 1.85 bits per heavy atom. The summed E-state index contributed by atoms with van der Waals surface area (Å²) in [5.74, 6) is -3.69. The van der Waals surface area contributed by atoms with Gasteiger partial charge in [-0.15, -0.1) is 0 Å². The van der Waals surface area contributed by atoms with E-state index in [1.165, 1.54) is 0 Å². The van der Waals surface area contributed by atoms with E-state index >= 15 is 0 Å². The monoisotopic (exact) mass is 316 g/mol. The third-order valence-corrected chi connectivity index (χ3v) is 3.88. The molecule has 0 saturated heterocycles.